The molecule has 0 radical (unpaired) electrons. The average molecular weight is 323 g/mol. The van der Waals surface area contributed by atoms with Gasteiger partial charge in [-0.3, -0.25) is 4.79 Å². The molecule has 6 heteroatoms. The summed E-state index contributed by atoms with van der Waals surface area (Å²) in [5.41, 5.74) is 7.07. The van der Waals surface area contributed by atoms with E-state index in [1.54, 1.807) is 0 Å². The molecule has 0 saturated carbocycles. The second-order valence-corrected chi connectivity index (χ2v) is 6.81. The van der Waals surface area contributed by atoms with Gasteiger partial charge in [-0.05, 0) is 36.2 Å². The predicted octanol–water partition coefficient (Wildman–Crippen LogP) is 3.27. The Hall–Kier alpha value is -1.98. The standard InChI is InChI=1S/C17H23F2N3O/c1-9-7-17(2,3)11-5-4-6-12(13(9)11)22-16(23)10(8-20)14(21)15(18)19/h6,8-9,15,20H,4-5,7,21H2,1-3H3,(H,22,23). The van der Waals surface area contributed by atoms with Crippen molar-refractivity contribution in [3.8, 4) is 0 Å². The van der Waals surface area contributed by atoms with Crippen LogP contribution >= 0.6 is 0 Å². The fourth-order valence-electron chi connectivity index (χ4n) is 3.73. The molecular weight excluding hydrogens is 300 g/mol. The number of nitrogens with one attached hydrogen (secondary N) is 2. The normalized spacial score (nSPS) is 24.1. The maximum Gasteiger partial charge on any atom is 0.278 e. The maximum absolute atomic E-state index is 12.7. The van der Waals surface area contributed by atoms with Crippen LogP contribution in [0.25, 0.3) is 0 Å². The average Bonchev–Trinajstić information content (AvgIpc) is 2.70. The Labute approximate surface area is 135 Å². The fraction of sp³-hybridized carbons (Fsp3) is 0.529. The van der Waals surface area contributed by atoms with E-state index in [-0.39, 0.29) is 5.41 Å². The molecule has 0 aliphatic heterocycles. The number of rotatable bonds is 4. The second kappa shape index (κ2) is 6.26. The minimum Gasteiger partial charge on any atom is -0.397 e. The summed E-state index contributed by atoms with van der Waals surface area (Å²) in [7, 11) is 0. The highest BCUT2D eigenvalue weighted by atomic mass is 19.3. The van der Waals surface area contributed by atoms with Crippen LogP contribution in [0.3, 0.4) is 0 Å². The van der Waals surface area contributed by atoms with Crippen molar-refractivity contribution in [1.29, 1.82) is 5.41 Å². The largest absolute Gasteiger partial charge is 0.397 e. The summed E-state index contributed by atoms with van der Waals surface area (Å²) >= 11 is 0. The zero-order valence-electron chi connectivity index (χ0n) is 13.7. The Bertz CT molecular complexity index is 630. The fourth-order valence-corrected chi connectivity index (χ4v) is 3.73. The van der Waals surface area contributed by atoms with Crippen molar-refractivity contribution in [1.82, 2.24) is 5.32 Å². The van der Waals surface area contributed by atoms with E-state index >= 15 is 0 Å². The van der Waals surface area contributed by atoms with Crippen LogP contribution in [-0.2, 0) is 4.79 Å². The number of alkyl halides is 2. The number of hydrogen-bond acceptors (Lipinski definition) is 3. The molecule has 0 saturated heterocycles. The summed E-state index contributed by atoms with van der Waals surface area (Å²) in [6.45, 7) is 6.48. The molecule has 2 rings (SSSR count). The van der Waals surface area contributed by atoms with Gasteiger partial charge in [0, 0.05) is 11.9 Å². The van der Waals surface area contributed by atoms with Crippen LogP contribution in [-0.4, -0.2) is 18.5 Å². The third kappa shape index (κ3) is 3.21. The Morgan fingerprint density at radius 3 is 2.74 bits per heavy atom. The minimum absolute atomic E-state index is 0.0845. The van der Waals surface area contributed by atoms with Gasteiger partial charge in [-0.15, -0.1) is 0 Å². The van der Waals surface area contributed by atoms with Crippen molar-refractivity contribution >= 4 is 12.1 Å². The van der Waals surface area contributed by atoms with Crippen molar-refractivity contribution in [3.63, 3.8) is 0 Å². The lowest BCUT2D eigenvalue weighted by molar-refractivity contribution is -0.116. The summed E-state index contributed by atoms with van der Waals surface area (Å²) in [5, 5.41) is 9.88. The van der Waals surface area contributed by atoms with Crippen LogP contribution < -0.4 is 11.1 Å². The smallest absolute Gasteiger partial charge is 0.278 e. The van der Waals surface area contributed by atoms with Gasteiger partial charge in [0.2, 0.25) is 0 Å². The van der Waals surface area contributed by atoms with Gasteiger partial charge < -0.3 is 16.5 Å². The van der Waals surface area contributed by atoms with E-state index in [1.165, 1.54) is 5.57 Å². The second-order valence-electron chi connectivity index (χ2n) is 6.81. The van der Waals surface area contributed by atoms with Crippen LogP contribution in [0, 0.1) is 16.7 Å². The van der Waals surface area contributed by atoms with Gasteiger partial charge in [0.05, 0.1) is 11.3 Å². The molecule has 1 amide bonds. The summed E-state index contributed by atoms with van der Waals surface area (Å²) in [5.74, 6) is -0.457. The minimum atomic E-state index is -2.96. The zero-order valence-corrected chi connectivity index (χ0v) is 13.7. The van der Waals surface area contributed by atoms with E-state index in [9.17, 15) is 13.6 Å². The van der Waals surface area contributed by atoms with Gasteiger partial charge in [0.25, 0.3) is 12.3 Å². The van der Waals surface area contributed by atoms with Gasteiger partial charge >= 0.3 is 0 Å². The van der Waals surface area contributed by atoms with E-state index < -0.39 is 23.6 Å². The molecule has 0 aromatic carbocycles. The summed E-state index contributed by atoms with van der Waals surface area (Å²) in [4.78, 5) is 12.2. The molecule has 0 fully saturated rings. The molecule has 1 atom stereocenters. The summed E-state index contributed by atoms with van der Waals surface area (Å²) in [6.07, 6.45) is 2.30. The van der Waals surface area contributed by atoms with Gasteiger partial charge in [-0.25, -0.2) is 8.78 Å². The third-order valence-electron chi connectivity index (χ3n) is 4.67. The van der Waals surface area contributed by atoms with Crippen molar-refractivity contribution in [3.05, 3.63) is 34.2 Å². The Morgan fingerprint density at radius 2 is 2.17 bits per heavy atom. The highest BCUT2D eigenvalue weighted by molar-refractivity contribution is 6.12. The molecule has 0 aromatic heterocycles. The van der Waals surface area contributed by atoms with Crippen LogP contribution in [0.4, 0.5) is 8.78 Å². The molecule has 126 valence electrons. The van der Waals surface area contributed by atoms with Gasteiger partial charge in [0.15, 0.2) is 0 Å². The number of allylic oxidation sites excluding steroid dienone is 4. The number of carbonyl (C=O) groups is 1. The number of halogens is 2. The lowest BCUT2D eigenvalue weighted by atomic mass is 9.81. The third-order valence-corrected chi connectivity index (χ3v) is 4.67. The number of amides is 1. The number of carbonyl (C=O) groups excluding carboxylic acids is 1. The first-order valence-corrected chi connectivity index (χ1v) is 7.72. The van der Waals surface area contributed by atoms with Gasteiger partial charge in [-0.2, -0.15) is 0 Å². The molecular formula is C17H23F2N3O. The lowest BCUT2D eigenvalue weighted by Crippen LogP contribution is -2.31. The van der Waals surface area contributed by atoms with Crippen LogP contribution in [0.5, 0.6) is 0 Å². The number of hydrogen-bond donors (Lipinski definition) is 3. The monoisotopic (exact) mass is 323 g/mol. The molecule has 4 N–H and O–H groups in total. The van der Waals surface area contributed by atoms with E-state index in [4.69, 9.17) is 11.1 Å². The lowest BCUT2D eigenvalue weighted by Gasteiger charge is -2.26. The first-order chi connectivity index (χ1) is 10.7. The SMILES string of the molecule is CC1CC(C)(C)C2=C1C(NC(=O)C(C=N)=C(N)C(F)F)=CCC2. The van der Waals surface area contributed by atoms with Crippen molar-refractivity contribution in [2.45, 2.75) is 46.5 Å². The van der Waals surface area contributed by atoms with Crippen LogP contribution in [0.1, 0.15) is 40.0 Å². The Balaban J connectivity index is 2.30. The Kier molecular flexibility index (Phi) is 4.73. The Morgan fingerprint density at radius 1 is 1.52 bits per heavy atom. The molecule has 2 aliphatic carbocycles. The highest BCUT2D eigenvalue weighted by Crippen LogP contribution is 2.51. The molecule has 2 aliphatic rings. The summed E-state index contributed by atoms with van der Waals surface area (Å²) < 4.78 is 25.4. The topological polar surface area (TPSA) is 79.0 Å². The first kappa shape index (κ1) is 17.4. The maximum atomic E-state index is 12.7. The molecule has 0 aromatic rings. The zero-order chi connectivity index (χ0) is 17.4. The number of nitrogens with two attached hydrogens (primary N) is 1. The van der Waals surface area contributed by atoms with Crippen molar-refractivity contribution < 1.29 is 13.6 Å². The highest BCUT2D eigenvalue weighted by Gasteiger charge is 2.39. The van der Waals surface area contributed by atoms with Gasteiger partial charge in [-0.1, -0.05) is 32.4 Å². The molecule has 1 unspecified atom stereocenters. The van der Waals surface area contributed by atoms with Gasteiger partial charge in [0.1, 0.15) is 0 Å². The molecule has 0 heterocycles. The van der Waals surface area contributed by atoms with Crippen molar-refractivity contribution in [2.24, 2.45) is 17.1 Å². The molecule has 0 bridgehead atoms. The van der Waals surface area contributed by atoms with E-state index in [1.807, 2.05) is 6.08 Å². The van der Waals surface area contributed by atoms with E-state index in [0.29, 0.717) is 17.8 Å². The van der Waals surface area contributed by atoms with E-state index in [2.05, 4.69) is 26.1 Å². The quantitative estimate of drug-likeness (QED) is 0.548. The van der Waals surface area contributed by atoms with Crippen molar-refractivity contribution in [2.75, 3.05) is 0 Å². The predicted molar refractivity (Wildman–Crippen MR) is 86.0 cm³/mol. The van der Waals surface area contributed by atoms with E-state index in [0.717, 1.165) is 24.8 Å². The first-order valence-electron chi connectivity index (χ1n) is 7.72. The summed E-state index contributed by atoms with van der Waals surface area (Å²) in [6, 6.07) is 0. The molecule has 23 heavy (non-hydrogen) atoms. The van der Waals surface area contributed by atoms with Crippen LogP contribution in [0.15, 0.2) is 34.2 Å². The molecule has 4 nitrogen and oxygen atoms in total. The van der Waals surface area contributed by atoms with Crippen LogP contribution in [0.2, 0.25) is 0 Å². The molecule has 0 spiro atoms.